The number of Topliss-reactive ketones (excluding diaryl/α,β-unsaturated/α-hetero) is 2. The van der Waals surface area contributed by atoms with E-state index in [0.717, 1.165) is 28.7 Å². The molecule has 0 saturated heterocycles. The zero-order valence-corrected chi connectivity index (χ0v) is 16.2. The summed E-state index contributed by atoms with van der Waals surface area (Å²) in [6, 6.07) is 10.1. The molecule has 2 aromatic carbocycles. The number of hydrogen-bond donors (Lipinski definition) is 0. The van der Waals surface area contributed by atoms with Crippen molar-refractivity contribution in [2.45, 2.75) is 47.0 Å². The minimum Gasteiger partial charge on any atom is -0.294 e. The molecule has 0 amide bonds. The lowest BCUT2D eigenvalue weighted by Crippen LogP contribution is -2.02. The molecule has 0 radical (unpaired) electrons. The van der Waals surface area contributed by atoms with Gasteiger partial charge in [0.25, 0.3) is 0 Å². The molecule has 1 aliphatic rings. The molecule has 3 rings (SSSR count). The fourth-order valence-corrected chi connectivity index (χ4v) is 3.54. The fourth-order valence-electron chi connectivity index (χ4n) is 3.37. The zero-order chi connectivity index (χ0) is 18.6. The van der Waals surface area contributed by atoms with Gasteiger partial charge in [0, 0.05) is 29.8 Å². The van der Waals surface area contributed by atoms with Crippen molar-refractivity contribution in [3.8, 4) is 0 Å². The molecule has 0 aliphatic heterocycles. The molecule has 0 N–H and O–H groups in total. The van der Waals surface area contributed by atoms with Crippen molar-refractivity contribution in [2.75, 3.05) is 5.88 Å². The topological polar surface area (TPSA) is 34.1 Å². The summed E-state index contributed by atoms with van der Waals surface area (Å²) in [6.45, 7) is 8.07. The van der Waals surface area contributed by atoms with E-state index in [1.54, 1.807) is 0 Å². The first-order valence-corrected chi connectivity index (χ1v) is 9.16. The first-order valence-electron chi connectivity index (χ1n) is 8.63. The average molecular weight is 357 g/mol. The van der Waals surface area contributed by atoms with Gasteiger partial charge in [-0.25, -0.2) is 0 Å². The van der Waals surface area contributed by atoms with E-state index in [-0.39, 0.29) is 5.78 Å². The summed E-state index contributed by atoms with van der Waals surface area (Å²) in [6.07, 6.45) is 2.07. The highest BCUT2D eigenvalue weighted by Gasteiger charge is 2.21. The zero-order valence-electron chi connectivity index (χ0n) is 15.4. The van der Waals surface area contributed by atoms with Crippen LogP contribution in [0, 0.1) is 27.7 Å². The second kappa shape index (κ2) is 8.44. The minimum absolute atomic E-state index is 0.132. The monoisotopic (exact) mass is 356 g/mol. The van der Waals surface area contributed by atoms with E-state index in [0.29, 0.717) is 24.5 Å². The van der Waals surface area contributed by atoms with Crippen molar-refractivity contribution < 1.29 is 9.59 Å². The van der Waals surface area contributed by atoms with Crippen LogP contribution in [0.3, 0.4) is 0 Å². The lowest BCUT2D eigenvalue weighted by Gasteiger charge is -2.04. The molecule has 0 bridgehead atoms. The van der Waals surface area contributed by atoms with E-state index in [4.69, 9.17) is 11.6 Å². The van der Waals surface area contributed by atoms with Gasteiger partial charge >= 0.3 is 0 Å². The van der Waals surface area contributed by atoms with Gasteiger partial charge in [0.15, 0.2) is 11.6 Å². The van der Waals surface area contributed by atoms with E-state index in [1.807, 2.05) is 39.0 Å². The molecule has 0 atom stereocenters. The Balaban J connectivity index is 0.000000181. The lowest BCUT2D eigenvalue weighted by atomic mass is 10.0. The highest BCUT2D eigenvalue weighted by atomic mass is 35.5. The maximum atomic E-state index is 11.5. The summed E-state index contributed by atoms with van der Waals surface area (Å²) >= 11 is 5.51. The summed E-state index contributed by atoms with van der Waals surface area (Å²) in [4.78, 5) is 22.9. The first kappa shape index (κ1) is 19.4. The van der Waals surface area contributed by atoms with E-state index in [2.05, 4.69) is 19.1 Å². The van der Waals surface area contributed by atoms with E-state index in [9.17, 15) is 9.59 Å². The molecule has 0 unspecified atom stereocenters. The number of aryl methyl sites for hydroxylation is 5. The van der Waals surface area contributed by atoms with Crippen LogP contribution in [0.25, 0.3) is 0 Å². The molecular formula is C22H25ClO2. The third kappa shape index (κ3) is 4.79. The van der Waals surface area contributed by atoms with Gasteiger partial charge < -0.3 is 0 Å². The largest absolute Gasteiger partial charge is 0.294 e. The third-order valence-electron chi connectivity index (χ3n) is 4.47. The number of benzene rings is 2. The molecule has 25 heavy (non-hydrogen) atoms. The maximum absolute atomic E-state index is 11.5. The van der Waals surface area contributed by atoms with Gasteiger partial charge in [0.2, 0.25) is 0 Å². The summed E-state index contributed by atoms with van der Waals surface area (Å²) in [7, 11) is 0. The van der Waals surface area contributed by atoms with Crippen LogP contribution in [0.1, 0.15) is 61.4 Å². The predicted octanol–water partition coefficient (Wildman–Crippen LogP) is 5.55. The highest BCUT2D eigenvalue weighted by Crippen LogP contribution is 2.26. The fraction of sp³-hybridized carbons (Fsp3) is 0.364. The van der Waals surface area contributed by atoms with E-state index in [1.165, 1.54) is 16.7 Å². The highest BCUT2D eigenvalue weighted by molar-refractivity contribution is 6.19. The summed E-state index contributed by atoms with van der Waals surface area (Å²) in [5.41, 5.74) is 7.66. The quantitative estimate of drug-likeness (QED) is 0.534. The van der Waals surface area contributed by atoms with E-state index >= 15 is 0 Å². The van der Waals surface area contributed by atoms with Crippen LogP contribution >= 0.6 is 11.6 Å². The Hall–Kier alpha value is -1.93. The van der Waals surface area contributed by atoms with Crippen LogP contribution in [0.5, 0.6) is 0 Å². The maximum Gasteiger partial charge on any atom is 0.164 e. The molecule has 3 heteroatoms. The second-order valence-corrected chi connectivity index (χ2v) is 7.10. The number of carbonyl (C=O) groups excluding carboxylic acids is 2. The van der Waals surface area contributed by atoms with Crippen molar-refractivity contribution in [3.05, 3.63) is 69.3 Å². The Labute approximate surface area is 155 Å². The molecule has 132 valence electrons. The number of carbonyl (C=O) groups is 2. The molecule has 0 heterocycles. The van der Waals surface area contributed by atoms with Crippen LogP contribution in [-0.4, -0.2) is 17.4 Å². The summed E-state index contributed by atoms with van der Waals surface area (Å²) in [5, 5.41) is 0. The number of ketones is 2. The van der Waals surface area contributed by atoms with Gasteiger partial charge in [-0.2, -0.15) is 0 Å². The second-order valence-electron chi connectivity index (χ2n) is 6.72. The molecule has 0 saturated carbocycles. The molecule has 0 fully saturated rings. The molecule has 2 aromatic rings. The Morgan fingerprint density at radius 2 is 1.64 bits per heavy atom. The SMILES string of the molecule is Cc1cc(C)c2c(c1)CCC2=O.Cc1ccc(C(=O)CCCl)c(C)c1. The average Bonchev–Trinajstić information content (AvgIpc) is 2.89. The Morgan fingerprint density at radius 3 is 2.28 bits per heavy atom. The smallest absolute Gasteiger partial charge is 0.164 e. The van der Waals surface area contributed by atoms with Crippen LogP contribution in [-0.2, 0) is 6.42 Å². The Morgan fingerprint density at radius 1 is 0.960 bits per heavy atom. The van der Waals surface area contributed by atoms with E-state index < -0.39 is 0 Å². The number of rotatable bonds is 3. The van der Waals surface area contributed by atoms with Crippen molar-refractivity contribution >= 4 is 23.2 Å². The van der Waals surface area contributed by atoms with Gasteiger partial charge in [-0.1, -0.05) is 41.5 Å². The normalized spacial score (nSPS) is 12.4. The van der Waals surface area contributed by atoms with Crippen LogP contribution < -0.4 is 0 Å². The van der Waals surface area contributed by atoms with Crippen LogP contribution in [0.4, 0.5) is 0 Å². The number of hydrogen-bond acceptors (Lipinski definition) is 2. The molecular weight excluding hydrogens is 332 g/mol. The summed E-state index contributed by atoms with van der Waals surface area (Å²) in [5.74, 6) is 0.849. The van der Waals surface area contributed by atoms with Gasteiger partial charge in [0.1, 0.15) is 0 Å². The van der Waals surface area contributed by atoms with Crippen LogP contribution in [0.2, 0.25) is 0 Å². The molecule has 0 aromatic heterocycles. The molecule has 2 nitrogen and oxygen atoms in total. The third-order valence-corrected chi connectivity index (χ3v) is 4.65. The minimum atomic E-state index is 0.132. The Kier molecular flexibility index (Phi) is 6.55. The van der Waals surface area contributed by atoms with Gasteiger partial charge in [-0.15, -0.1) is 11.6 Å². The van der Waals surface area contributed by atoms with Crippen LogP contribution in [0.15, 0.2) is 30.3 Å². The number of alkyl halides is 1. The number of fused-ring (bicyclic) bond motifs is 1. The van der Waals surface area contributed by atoms with Crippen molar-refractivity contribution in [1.29, 1.82) is 0 Å². The van der Waals surface area contributed by atoms with Crippen molar-refractivity contribution in [2.24, 2.45) is 0 Å². The van der Waals surface area contributed by atoms with Gasteiger partial charge in [-0.3, -0.25) is 9.59 Å². The van der Waals surface area contributed by atoms with Crippen molar-refractivity contribution in [3.63, 3.8) is 0 Å². The first-order chi connectivity index (χ1) is 11.8. The summed E-state index contributed by atoms with van der Waals surface area (Å²) < 4.78 is 0. The molecule has 1 aliphatic carbocycles. The van der Waals surface area contributed by atoms with Gasteiger partial charge in [0.05, 0.1) is 0 Å². The predicted molar refractivity (Wildman–Crippen MR) is 104 cm³/mol. The van der Waals surface area contributed by atoms with Crippen molar-refractivity contribution in [1.82, 2.24) is 0 Å². The standard InChI is InChI=1S/C11H13ClO.C11H12O/c1-8-3-4-10(9(2)7-8)11(13)5-6-12;1-7-5-8(2)11-9(6-7)3-4-10(11)12/h3-4,7H,5-6H2,1-2H3;5-6H,3-4H2,1-2H3. The molecule has 0 spiro atoms. The van der Waals surface area contributed by atoms with Gasteiger partial charge in [-0.05, 0) is 50.8 Å². The Bertz CT molecular complexity index is 806. The lowest BCUT2D eigenvalue weighted by molar-refractivity contribution is 0.0982. The number of halogens is 1.